The molecule has 29 heavy (non-hydrogen) atoms. The van der Waals surface area contributed by atoms with Crippen molar-refractivity contribution in [3.05, 3.63) is 18.2 Å². The Balaban J connectivity index is 1.68. The molecule has 0 aliphatic carbocycles. The molecule has 3 rings (SSSR count). The second-order valence-corrected chi connectivity index (χ2v) is 8.87. The zero-order valence-electron chi connectivity index (χ0n) is 17.8. The van der Waals surface area contributed by atoms with Gasteiger partial charge in [0, 0.05) is 43.2 Å². The number of benzene rings is 1. The van der Waals surface area contributed by atoms with Gasteiger partial charge in [-0.05, 0) is 31.4 Å². The standard InChI is InChI=1S/C22H31N3O4/c1-22(2,3)21(28)24-11-5-7-15(14-24)20(27)23-16-9-10-17(18(13-16)29-4)25-12-6-8-19(25)26/h9-10,13,15H,5-8,11-12,14H2,1-4H3,(H,23,27). The van der Waals surface area contributed by atoms with E-state index in [4.69, 9.17) is 4.74 Å². The van der Waals surface area contributed by atoms with Gasteiger partial charge in [0.1, 0.15) is 5.75 Å². The summed E-state index contributed by atoms with van der Waals surface area (Å²) >= 11 is 0. The Morgan fingerprint density at radius 1 is 1.17 bits per heavy atom. The maximum absolute atomic E-state index is 12.8. The van der Waals surface area contributed by atoms with E-state index in [2.05, 4.69) is 5.32 Å². The van der Waals surface area contributed by atoms with Crippen molar-refractivity contribution in [1.82, 2.24) is 4.90 Å². The number of carbonyl (C=O) groups excluding carboxylic acids is 3. The van der Waals surface area contributed by atoms with Crippen LogP contribution in [0.15, 0.2) is 18.2 Å². The Hall–Kier alpha value is -2.57. The second-order valence-electron chi connectivity index (χ2n) is 8.87. The largest absolute Gasteiger partial charge is 0.494 e. The van der Waals surface area contributed by atoms with E-state index in [1.807, 2.05) is 26.8 Å². The highest BCUT2D eigenvalue weighted by molar-refractivity contribution is 5.98. The van der Waals surface area contributed by atoms with Crippen LogP contribution >= 0.6 is 0 Å². The third-order valence-corrected chi connectivity index (χ3v) is 5.53. The van der Waals surface area contributed by atoms with E-state index in [0.717, 1.165) is 24.9 Å². The highest BCUT2D eigenvalue weighted by atomic mass is 16.5. The number of likely N-dealkylation sites (tertiary alicyclic amines) is 1. The second kappa shape index (κ2) is 8.43. The van der Waals surface area contributed by atoms with E-state index in [1.165, 1.54) is 0 Å². The Labute approximate surface area is 172 Å². The minimum Gasteiger partial charge on any atom is -0.494 e. The fraction of sp³-hybridized carbons (Fsp3) is 0.591. The highest BCUT2D eigenvalue weighted by Gasteiger charge is 2.33. The van der Waals surface area contributed by atoms with Crippen molar-refractivity contribution in [1.29, 1.82) is 0 Å². The summed E-state index contributed by atoms with van der Waals surface area (Å²) in [5.74, 6) is 0.401. The maximum Gasteiger partial charge on any atom is 0.229 e. The molecule has 2 saturated heterocycles. The smallest absolute Gasteiger partial charge is 0.229 e. The van der Waals surface area contributed by atoms with Crippen molar-refractivity contribution in [2.45, 2.75) is 46.5 Å². The molecule has 0 radical (unpaired) electrons. The Morgan fingerprint density at radius 3 is 2.55 bits per heavy atom. The quantitative estimate of drug-likeness (QED) is 0.841. The predicted octanol–water partition coefficient (Wildman–Crippen LogP) is 3.05. The van der Waals surface area contributed by atoms with Crippen molar-refractivity contribution in [2.75, 3.05) is 37.0 Å². The van der Waals surface area contributed by atoms with Crippen molar-refractivity contribution in [3.8, 4) is 5.75 Å². The molecule has 1 atom stereocenters. The molecule has 0 saturated carbocycles. The summed E-state index contributed by atoms with van der Waals surface area (Å²) in [6, 6.07) is 5.36. The number of ether oxygens (including phenoxy) is 1. The summed E-state index contributed by atoms with van der Waals surface area (Å²) in [5.41, 5.74) is 0.906. The molecule has 2 aliphatic heterocycles. The van der Waals surface area contributed by atoms with Crippen LogP contribution in [0.4, 0.5) is 11.4 Å². The van der Waals surface area contributed by atoms with Gasteiger partial charge < -0.3 is 19.9 Å². The van der Waals surface area contributed by atoms with Crippen molar-refractivity contribution in [2.24, 2.45) is 11.3 Å². The van der Waals surface area contributed by atoms with Gasteiger partial charge in [0.25, 0.3) is 0 Å². The first-order valence-corrected chi connectivity index (χ1v) is 10.3. The topological polar surface area (TPSA) is 79.0 Å². The van der Waals surface area contributed by atoms with E-state index in [-0.39, 0.29) is 23.6 Å². The van der Waals surface area contributed by atoms with Crippen LogP contribution in [0, 0.1) is 11.3 Å². The SMILES string of the molecule is COc1cc(NC(=O)C2CCCN(C(=O)C(C)(C)C)C2)ccc1N1CCCC1=O. The normalized spacial score (nSPS) is 20.0. The number of carbonyl (C=O) groups is 3. The van der Waals surface area contributed by atoms with E-state index in [1.54, 1.807) is 29.0 Å². The number of nitrogens with one attached hydrogen (secondary N) is 1. The fourth-order valence-corrected chi connectivity index (χ4v) is 3.98. The highest BCUT2D eigenvalue weighted by Crippen LogP contribution is 2.34. The van der Waals surface area contributed by atoms with Crippen LogP contribution in [0.5, 0.6) is 5.75 Å². The third-order valence-electron chi connectivity index (χ3n) is 5.53. The van der Waals surface area contributed by atoms with Crippen LogP contribution in [0.2, 0.25) is 0 Å². The van der Waals surface area contributed by atoms with Gasteiger partial charge in [0.2, 0.25) is 17.7 Å². The lowest BCUT2D eigenvalue weighted by Crippen LogP contribution is -2.47. The number of rotatable bonds is 4. The summed E-state index contributed by atoms with van der Waals surface area (Å²) in [4.78, 5) is 41.0. The first kappa shape index (κ1) is 21.1. The van der Waals surface area contributed by atoms with E-state index in [9.17, 15) is 14.4 Å². The number of nitrogens with zero attached hydrogens (tertiary/aromatic N) is 2. The molecule has 1 aromatic carbocycles. The molecule has 0 bridgehead atoms. The summed E-state index contributed by atoms with van der Waals surface area (Å²) in [5, 5.41) is 2.95. The Morgan fingerprint density at radius 2 is 1.93 bits per heavy atom. The van der Waals surface area contributed by atoms with Crippen LogP contribution < -0.4 is 15.0 Å². The lowest BCUT2D eigenvalue weighted by Gasteiger charge is -2.35. The average Bonchev–Trinajstić information content (AvgIpc) is 3.12. The van der Waals surface area contributed by atoms with Crippen molar-refractivity contribution in [3.63, 3.8) is 0 Å². The molecule has 3 amide bonds. The molecule has 7 heteroatoms. The molecule has 1 aromatic rings. The molecular weight excluding hydrogens is 370 g/mol. The van der Waals surface area contributed by atoms with Gasteiger partial charge >= 0.3 is 0 Å². The Kier molecular flexibility index (Phi) is 6.15. The molecule has 0 spiro atoms. The zero-order chi connectivity index (χ0) is 21.2. The van der Waals surface area contributed by atoms with Crippen molar-refractivity contribution < 1.29 is 19.1 Å². The van der Waals surface area contributed by atoms with E-state index < -0.39 is 5.41 Å². The first-order valence-electron chi connectivity index (χ1n) is 10.3. The molecule has 1 N–H and O–H groups in total. The molecule has 2 aliphatic rings. The van der Waals surface area contributed by atoms with Gasteiger partial charge in [-0.15, -0.1) is 0 Å². The zero-order valence-corrected chi connectivity index (χ0v) is 17.8. The van der Waals surface area contributed by atoms with Gasteiger partial charge in [-0.2, -0.15) is 0 Å². The predicted molar refractivity (Wildman–Crippen MR) is 112 cm³/mol. The molecule has 0 aromatic heterocycles. The maximum atomic E-state index is 12.8. The van der Waals surface area contributed by atoms with Gasteiger partial charge in [0.05, 0.1) is 18.7 Å². The number of anilines is 2. The minimum absolute atomic E-state index is 0.0799. The van der Waals surface area contributed by atoms with Gasteiger partial charge in [-0.25, -0.2) is 0 Å². The molecule has 2 heterocycles. The molecular formula is C22H31N3O4. The molecule has 1 unspecified atom stereocenters. The van der Waals surface area contributed by atoms with Crippen molar-refractivity contribution >= 4 is 29.1 Å². The van der Waals surface area contributed by atoms with Crippen LogP contribution in [0.3, 0.4) is 0 Å². The summed E-state index contributed by atoms with van der Waals surface area (Å²) in [6.07, 6.45) is 2.97. The number of piperidine rings is 1. The molecule has 7 nitrogen and oxygen atoms in total. The van der Waals surface area contributed by atoms with Gasteiger partial charge in [-0.3, -0.25) is 14.4 Å². The third kappa shape index (κ3) is 4.71. The fourth-order valence-electron chi connectivity index (χ4n) is 3.98. The molecule has 2 fully saturated rings. The van der Waals surface area contributed by atoms with E-state index >= 15 is 0 Å². The number of methoxy groups -OCH3 is 1. The number of hydrogen-bond donors (Lipinski definition) is 1. The average molecular weight is 402 g/mol. The monoisotopic (exact) mass is 401 g/mol. The number of amides is 3. The van der Waals surface area contributed by atoms with Gasteiger partial charge in [0.15, 0.2) is 0 Å². The Bertz CT molecular complexity index is 800. The summed E-state index contributed by atoms with van der Waals surface area (Å²) in [7, 11) is 1.56. The van der Waals surface area contributed by atoms with Crippen LogP contribution in [-0.4, -0.2) is 49.4 Å². The van der Waals surface area contributed by atoms with Crippen LogP contribution in [-0.2, 0) is 14.4 Å². The first-order chi connectivity index (χ1) is 13.7. The van der Waals surface area contributed by atoms with Crippen LogP contribution in [0.25, 0.3) is 0 Å². The summed E-state index contributed by atoms with van der Waals surface area (Å²) in [6.45, 7) is 7.53. The van der Waals surface area contributed by atoms with Crippen LogP contribution in [0.1, 0.15) is 46.5 Å². The van der Waals surface area contributed by atoms with Gasteiger partial charge in [-0.1, -0.05) is 20.8 Å². The summed E-state index contributed by atoms with van der Waals surface area (Å²) < 4.78 is 5.46. The lowest BCUT2D eigenvalue weighted by atomic mass is 9.91. The minimum atomic E-state index is -0.450. The molecule has 158 valence electrons. The lowest BCUT2D eigenvalue weighted by molar-refractivity contribution is -0.142. The number of hydrogen-bond acceptors (Lipinski definition) is 4. The van der Waals surface area contributed by atoms with E-state index in [0.29, 0.717) is 37.5 Å².